The fraction of sp³-hybridized carbons (Fsp3) is 0.308. The number of benzene rings is 1. The van der Waals surface area contributed by atoms with E-state index in [0.717, 1.165) is 5.56 Å². The summed E-state index contributed by atoms with van der Waals surface area (Å²) in [6, 6.07) is 9.42. The molecule has 0 bridgehead atoms. The molecule has 1 fully saturated rings. The Morgan fingerprint density at radius 3 is 2.59 bits per heavy atom. The summed E-state index contributed by atoms with van der Waals surface area (Å²) in [5.41, 5.74) is 0.917. The molecule has 2 rings (SSSR count). The molecule has 0 heterocycles. The van der Waals surface area contributed by atoms with E-state index in [1.807, 2.05) is 30.3 Å². The Bertz CT molecular complexity index is 446. The van der Waals surface area contributed by atoms with Crippen LogP contribution < -0.4 is 0 Å². The van der Waals surface area contributed by atoms with Gasteiger partial charge in [0, 0.05) is 6.42 Å². The van der Waals surface area contributed by atoms with Gasteiger partial charge < -0.3 is 4.74 Å². The van der Waals surface area contributed by atoms with Crippen molar-refractivity contribution in [1.82, 2.24) is 0 Å². The monoisotopic (exact) mass is 270 g/mol. The topological polar surface area (TPSA) is 26.3 Å². The minimum atomic E-state index is -1.15. The Morgan fingerprint density at radius 2 is 2.06 bits per heavy atom. The van der Waals surface area contributed by atoms with E-state index in [2.05, 4.69) is 6.58 Å². The van der Waals surface area contributed by atoms with Crippen molar-refractivity contribution in [3.05, 3.63) is 48.6 Å². The number of hydrogen-bond acceptors (Lipinski definition) is 2. The van der Waals surface area contributed by atoms with Crippen molar-refractivity contribution in [3.8, 4) is 0 Å². The number of halogens is 2. The fourth-order valence-electron chi connectivity index (χ4n) is 1.62. The molecule has 0 N–H and O–H groups in total. The third kappa shape index (κ3) is 2.20. The molecule has 2 atom stereocenters. The average Bonchev–Trinajstić information content (AvgIpc) is 2.93. The number of carbonyl (C=O) groups excluding carboxylic acids is 1. The zero-order chi connectivity index (χ0) is 12.5. The van der Waals surface area contributed by atoms with Crippen molar-refractivity contribution >= 4 is 29.2 Å². The van der Waals surface area contributed by atoms with Gasteiger partial charge in [0.25, 0.3) is 0 Å². The molecule has 90 valence electrons. The fourth-order valence-corrected chi connectivity index (χ4v) is 2.31. The van der Waals surface area contributed by atoms with Gasteiger partial charge in [-0.15, -0.1) is 29.8 Å². The number of esters is 1. The summed E-state index contributed by atoms with van der Waals surface area (Å²) in [7, 11) is 0. The molecule has 2 nitrogen and oxygen atoms in total. The highest BCUT2D eigenvalue weighted by Gasteiger charge is 2.70. The van der Waals surface area contributed by atoms with E-state index in [4.69, 9.17) is 27.9 Å². The minimum Gasteiger partial charge on any atom is -0.459 e. The number of ether oxygens (including phenoxy) is 1. The zero-order valence-corrected chi connectivity index (χ0v) is 10.7. The standard InChI is InChI=1S/C13H12Cl2O2/c1-2-12(14)9-13(12,15)11(16)17-8-10-6-4-3-5-7-10/h2-7H,1,8-9H2. The second-order valence-corrected chi connectivity index (χ2v) is 5.43. The summed E-state index contributed by atoms with van der Waals surface area (Å²) in [6.07, 6.45) is 1.85. The maximum absolute atomic E-state index is 11.8. The number of hydrogen-bond donors (Lipinski definition) is 0. The molecule has 0 spiro atoms. The van der Waals surface area contributed by atoms with Crippen molar-refractivity contribution in [2.24, 2.45) is 0 Å². The van der Waals surface area contributed by atoms with Crippen molar-refractivity contribution in [2.45, 2.75) is 22.8 Å². The highest BCUT2D eigenvalue weighted by molar-refractivity contribution is 6.48. The first kappa shape index (κ1) is 12.5. The molecule has 17 heavy (non-hydrogen) atoms. The van der Waals surface area contributed by atoms with E-state index in [1.165, 1.54) is 6.08 Å². The van der Waals surface area contributed by atoms with Crippen LogP contribution in [0.5, 0.6) is 0 Å². The molecule has 2 unspecified atom stereocenters. The molecule has 0 amide bonds. The van der Waals surface area contributed by atoms with Crippen molar-refractivity contribution in [1.29, 1.82) is 0 Å². The third-order valence-electron chi connectivity index (χ3n) is 2.89. The van der Waals surface area contributed by atoms with E-state index in [0.29, 0.717) is 6.42 Å². The number of carbonyl (C=O) groups is 1. The van der Waals surface area contributed by atoms with Crippen LogP contribution in [0.3, 0.4) is 0 Å². The van der Waals surface area contributed by atoms with Gasteiger partial charge in [0.1, 0.15) is 6.61 Å². The van der Waals surface area contributed by atoms with E-state index >= 15 is 0 Å². The Kier molecular flexibility index (Phi) is 3.19. The number of alkyl halides is 2. The molecule has 0 radical (unpaired) electrons. The van der Waals surface area contributed by atoms with Crippen LogP contribution in [0.2, 0.25) is 0 Å². The molecule has 1 aliphatic carbocycles. The van der Waals surface area contributed by atoms with Crippen LogP contribution in [0.15, 0.2) is 43.0 Å². The quantitative estimate of drug-likeness (QED) is 0.477. The minimum absolute atomic E-state index is 0.207. The molecule has 4 heteroatoms. The maximum atomic E-state index is 11.8. The highest BCUT2D eigenvalue weighted by atomic mass is 35.5. The number of allylic oxidation sites excluding steroid dienone is 1. The molecular formula is C13H12Cl2O2. The molecule has 1 aromatic carbocycles. The first-order valence-electron chi connectivity index (χ1n) is 5.24. The van der Waals surface area contributed by atoms with Gasteiger partial charge in [-0.2, -0.15) is 0 Å². The molecule has 1 saturated carbocycles. The Hall–Kier alpha value is -0.990. The van der Waals surface area contributed by atoms with E-state index in [1.54, 1.807) is 0 Å². The van der Waals surface area contributed by atoms with Gasteiger partial charge in [-0.05, 0) is 5.56 Å². The lowest BCUT2D eigenvalue weighted by molar-refractivity contribution is -0.145. The second kappa shape index (κ2) is 4.35. The first-order chi connectivity index (χ1) is 8.02. The molecule has 1 aliphatic rings. The number of rotatable bonds is 4. The average molecular weight is 271 g/mol. The molecule has 1 aromatic rings. The molecule has 0 aromatic heterocycles. The molecular weight excluding hydrogens is 259 g/mol. The summed E-state index contributed by atoms with van der Waals surface area (Å²) in [5.74, 6) is -0.488. The largest absolute Gasteiger partial charge is 0.459 e. The Morgan fingerprint density at radius 1 is 1.41 bits per heavy atom. The van der Waals surface area contributed by atoms with Crippen LogP contribution >= 0.6 is 23.2 Å². The molecule has 0 aliphatic heterocycles. The summed E-state index contributed by atoms with van der Waals surface area (Å²) < 4.78 is 5.15. The Labute approximate surface area is 110 Å². The van der Waals surface area contributed by atoms with Crippen molar-refractivity contribution in [2.75, 3.05) is 0 Å². The van der Waals surface area contributed by atoms with Crippen molar-refractivity contribution in [3.63, 3.8) is 0 Å². The van der Waals surface area contributed by atoms with Gasteiger partial charge in [-0.25, -0.2) is 0 Å². The third-order valence-corrected chi connectivity index (χ3v) is 4.23. The summed E-state index contributed by atoms with van der Waals surface area (Å²) >= 11 is 12.2. The lowest BCUT2D eigenvalue weighted by Gasteiger charge is -2.11. The van der Waals surface area contributed by atoms with Gasteiger partial charge in [-0.1, -0.05) is 36.4 Å². The first-order valence-corrected chi connectivity index (χ1v) is 6.00. The van der Waals surface area contributed by atoms with Crippen LogP contribution in [-0.4, -0.2) is 15.7 Å². The predicted octanol–water partition coefficient (Wildman–Crippen LogP) is 3.27. The summed E-state index contributed by atoms with van der Waals surface area (Å²) in [4.78, 5) is 9.78. The van der Waals surface area contributed by atoms with Gasteiger partial charge in [-0.3, -0.25) is 4.79 Å². The zero-order valence-electron chi connectivity index (χ0n) is 9.16. The van der Waals surface area contributed by atoms with Crippen LogP contribution in [0.4, 0.5) is 0 Å². The second-order valence-electron chi connectivity index (χ2n) is 4.11. The van der Waals surface area contributed by atoms with Gasteiger partial charge >= 0.3 is 5.97 Å². The lowest BCUT2D eigenvalue weighted by atomic mass is 10.2. The van der Waals surface area contributed by atoms with Crippen molar-refractivity contribution < 1.29 is 9.53 Å². The van der Waals surface area contributed by atoms with E-state index in [9.17, 15) is 4.79 Å². The van der Waals surface area contributed by atoms with Gasteiger partial charge in [0.15, 0.2) is 4.87 Å². The van der Waals surface area contributed by atoms with E-state index < -0.39 is 15.7 Å². The lowest BCUT2D eigenvalue weighted by Crippen LogP contribution is -2.26. The Balaban J connectivity index is 1.94. The van der Waals surface area contributed by atoms with Gasteiger partial charge in [0.2, 0.25) is 0 Å². The van der Waals surface area contributed by atoms with Crippen LogP contribution in [0.25, 0.3) is 0 Å². The summed E-state index contributed by atoms with van der Waals surface area (Å²) in [5, 5.41) is 0. The van der Waals surface area contributed by atoms with Gasteiger partial charge in [0.05, 0.1) is 4.87 Å². The van der Waals surface area contributed by atoms with Crippen LogP contribution in [0.1, 0.15) is 12.0 Å². The predicted molar refractivity (Wildman–Crippen MR) is 68.2 cm³/mol. The van der Waals surface area contributed by atoms with Crippen LogP contribution in [0, 0.1) is 0 Å². The van der Waals surface area contributed by atoms with Crippen LogP contribution in [-0.2, 0) is 16.1 Å². The normalized spacial score (nSPS) is 30.7. The maximum Gasteiger partial charge on any atom is 0.329 e. The smallest absolute Gasteiger partial charge is 0.329 e. The molecule has 0 saturated heterocycles. The van der Waals surface area contributed by atoms with E-state index in [-0.39, 0.29) is 6.61 Å². The highest BCUT2D eigenvalue weighted by Crippen LogP contribution is 2.59. The summed E-state index contributed by atoms with van der Waals surface area (Å²) in [6.45, 7) is 3.77. The SMILES string of the molecule is C=CC1(Cl)CC1(Cl)C(=O)OCc1ccccc1.